The Morgan fingerprint density at radius 3 is 2.42 bits per heavy atom. The lowest BCUT2D eigenvalue weighted by Crippen LogP contribution is -2.38. The van der Waals surface area contributed by atoms with Gasteiger partial charge in [-0.3, -0.25) is 0 Å². The minimum Gasteiger partial charge on any atom is -0.490 e. The fourth-order valence-electron chi connectivity index (χ4n) is 3.55. The maximum absolute atomic E-state index is 12.7. The highest BCUT2D eigenvalue weighted by Gasteiger charge is 2.30. The molecule has 1 aliphatic heterocycles. The van der Waals surface area contributed by atoms with E-state index in [1.165, 1.54) is 18.2 Å². The molecule has 0 spiro atoms. The number of hydrogen-bond acceptors (Lipinski definition) is 5. The summed E-state index contributed by atoms with van der Waals surface area (Å²) in [4.78, 5) is 12.9. The van der Waals surface area contributed by atoms with Gasteiger partial charge in [0, 0.05) is 37.4 Å². The normalized spacial score (nSPS) is 15.3. The minimum absolute atomic E-state index is 0.0972. The first-order valence-corrected chi connectivity index (χ1v) is 10.2. The van der Waals surface area contributed by atoms with Crippen LogP contribution in [-0.2, 0) is 6.18 Å². The molecule has 6 nitrogen and oxygen atoms in total. The van der Waals surface area contributed by atoms with E-state index in [9.17, 15) is 18.0 Å². The molecule has 1 aromatic heterocycles. The maximum Gasteiger partial charge on any atom is 0.513 e. The fourth-order valence-corrected chi connectivity index (χ4v) is 4.25. The molecule has 0 radical (unpaired) electrons. The molecular formula is C21H17BrF3NO5. The van der Waals surface area contributed by atoms with Crippen LogP contribution in [0.1, 0.15) is 18.4 Å². The Morgan fingerprint density at radius 1 is 1.13 bits per heavy atom. The van der Waals surface area contributed by atoms with E-state index < -0.39 is 17.9 Å². The molecule has 2 aromatic carbocycles. The van der Waals surface area contributed by atoms with E-state index in [4.69, 9.17) is 14.3 Å². The van der Waals surface area contributed by atoms with Crippen molar-refractivity contribution in [1.29, 1.82) is 0 Å². The van der Waals surface area contributed by atoms with Crippen LogP contribution in [0.4, 0.5) is 23.7 Å². The highest BCUT2D eigenvalue weighted by atomic mass is 79.9. The van der Waals surface area contributed by atoms with Crippen LogP contribution in [0.15, 0.2) is 51.4 Å². The standard InChI is InChI=1S/C21H17BrF3NO5/c22-19-15-11-18(31-20(27)28)30-17(15)6-5-16(19)26-9-7-14(8-10-26)29-13-3-1-12(2-4-13)21(23,24)25/h1-6,11,14H,7-10H2,(H,27,28). The number of carbonyl (C=O) groups is 1. The topological polar surface area (TPSA) is 72.1 Å². The largest absolute Gasteiger partial charge is 0.513 e. The first-order chi connectivity index (χ1) is 14.7. The zero-order chi connectivity index (χ0) is 22.2. The number of piperidine rings is 1. The Labute approximate surface area is 183 Å². The molecule has 0 saturated carbocycles. The van der Waals surface area contributed by atoms with Gasteiger partial charge in [0.05, 0.1) is 15.7 Å². The molecular weight excluding hydrogens is 483 g/mol. The van der Waals surface area contributed by atoms with Crippen molar-refractivity contribution in [3.63, 3.8) is 0 Å². The van der Waals surface area contributed by atoms with Gasteiger partial charge in [0.1, 0.15) is 17.4 Å². The van der Waals surface area contributed by atoms with Crippen molar-refractivity contribution in [2.45, 2.75) is 25.1 Å². The molecule has 1 fully saturated rings. The predicted octanol–water partition coefficient (Wildman–Crippen LogP) is 6.32. The summed E-state index contributed by atoms with van der Waals surface area (Å²) < 4.78 is 54.6. The van der Waals surface area contributed by atoms with Crippen LogP contribution in [0.5, 0.6) is 11.7 Å². The summed E-state index contributed by atoms with van der Waals surface area (Å²) in [6.07, 6.45) is -4.52. The van der Waals surface area contributed by atoms with Gasteiger partial charge in [0.15, 0.2) is 0 Å². The maximum atomic E-state index is 12.7. The first-order valence-electron chi connectivity index (χ1n) is 9.42. The first kappa shape index (κ1) is 21.4. The van der Waals surface area contributed by atoms with Crippen molar-refractivity contribution in [2.24, 2.45) is 0 Å². The van der Waals surface area contributed by atoms with Crippen LogP contribution >= 0.6 is 15.9 Å². The van der Waals surface area contributed by atoms with Gasteiger partial charge in [0.2, 0.25) is 0 Å². The third kappa shape index (κ3) is 4.73. The molecule has 1 aliphatic rings. The Kier molecular flexibility index (Phi) is 5.74. The second-order valence-corrected chi connectivity index (χ2v) is 7.86. The Hall–Kier alpha value is -2.88. The smallest absolute Gasteiger partial charge is 0.490 e. The third-order valence-corrected chi connectivity index (χ3v) is 5.88. The number of ether oxygens (including phenoxy) is 2. The minimum atomic E-state index is -4.37. The number of fused-ring (bicyclic) bond motifs is 1. The quantitative estimate of drug-likeness (QED) is 0.423. The molecule has 3 aromatic rings. The molecule has 1 N–H and O–H groups in total. The van der Waals surface area contributed by atoms with Crippen LogP contribution in [-0.4, -0.2) is 30.5 Å². The second kappa shape index (κ2) is 8.33. The molecule has 31 heavy (non-hydrogen) atoms. The summed E-state index contributed by atoms with van der Waals surface area (Å²) in [6, 6.07) is 9.85. The molecule has 0 bridgehead atoms. The summed E-state index contributed by atoms with van der Waals surface area (Å²) in [5, 5.41) is 9.43. The van der Waals surface area contributed by atoms with Crippen molar-refractivity contribution in [2.75, 3.05) is 18.0 Å². The number of furan rings is 1. The molecule has 0 unspecified atom stereocenters. The van der Waals surface area contributed by atoms with Crippen molar-refractivity contribution in [3.05, 3.63) is 52.5 Å². The summed E-state index contributed by atoms with van der Waals surface area (Å²) in [7, 11) is 0. The number of carboxylic acid groups (broad SMARTS) is 1. The van der Waals surface area contributed by atoms with Crippen LogP contribution in [0.2, 0.25) is 0 Å². The van der Waals surface area contributed by atoms with Crippen molar-refractivity contribution in [3.8, 4) is 11.7 Å². The summed E-state index contributed by atoms with van der Waals surface area (Å²) in [5.74, 6) is 0.308. The van der Waals surface area contributed by atoms with Gasteiger partial charge < -0.3 is 23.9 Å². The van der Waals surface area contributed by atoms with Crippen molar-refractivity contribution >= 4 is 38.7 Å². The molecule has 10 heteroatoms. The lowest BCUT2D eigenvalue weighted by atomic mass is 10.1. The van der Waals surface area contributed by atoms with Gasteiger partial charge in [-0.1, -0.05) is 0 Å². The van der Waals surface area contributed by atoms with Gasteiger partial charge in [-0.15, -0.1) is 0 Å². The average Bonchev–Trinajstić information content (AvgIpc) is 3.11. The van der Waals surface area contributed by atoms with Gasteiger partial charge in [-0.25, -0.2) is 4.79 Å². The number of anilines is 1. The van der Waals surface area contributed by atoms with Crippen LogP contribution in [0.25, 0.3) is 11.0 Å². The second-order valence-electron chi connectivity index (χ2n) is 7.07. The molecule has 2 heterocycles. The SMILES string of the molecule is O=C(O)Oc1cc2c(Br)c(N3CCC(Oc4ccc(C(F)(F)F)cc4)CC3)ccc2o1. The Morgan fingerprint density at radius 2 is 1.81 bits per heavy atom. The van der Waals surface area contributed by atoms with Gasteiger partial charge in [-0.2, -0.15) is 13.2 Å². The number of rotatable bonds is 4. The van der Waals surface area contributed by atoms with E-state index in [0.717, 1.165) is 22.3 Å². The highest BCUT2D eigenvalue weighted by Crippen LogP contribution is 2.39. The predicted molar refractivity (Wildman–Crippen MR) is 110 cm³/mol. The number of nitrogens with zero attached hydrogens (tertiary/aromatic N) is 1. The Balaban J connectivity index is 1.41. The summed E-state index contributed by atoms with van der Waals surface area (Å²) >= 11 is 3.56. The molecule has 164 valence electrons. The molecule has 1 saturated heterocycles. The molecule has 4 rings (SSSR count). The fraction of sp³-hybridized carbons (Fsp3) is 0.286. The molecule has 0 aliphatic carbocycles. The van der Waals surface area contributed by atoms with Crippen LogP contribution < -0.4 is 14.4 Å². The lowest BCUT2D eigenvalue weighted by molar-refractivity contribution is -0.137. The van der Waals surface area contributed by atoms with E-state index in [1.54, 1.807) is 6.07 Å². The monoisotopic (exact) mass is 499 g/mol. The summed E-state index contributed by atoms with van der Waals surface area (Å²) in [5.41, 5.74) is 0.710. The zero-order valence-corrected chi connectivity index (χ0v) is 17.6. The Bertz CT molecular complexity index is 1090. The van der Waals surface area contributed by atoms with Gasteiger partial charge in [-0.05, 0) is 52.3 Å². The number of halogens is 4. The van der Waals surface area contributed by atoms with E-state index >= 15 is 0 Å². The molecule has 0 atom stereocenters. The third-order valence-electron chi connectivity index (χ3n) is 5.05. The summed E-state index contributed by atoms with van der Waals surface area (Å²) in [6.45, 7) is 1.37. The van der Waals surface area contributed by atoms with Crippen molar-refractivity contribution < 1.29 is 37.0 Å². The van der Waals surface area contributed by atoms with Gasteiger partial charge in [0.25, 0.3) is 5.95 Å². The lowest BCUT2D eigenvalue weighted by Gasteiger charge is -2.34. The van der Waals surface area contributed by atoms with Crippen molar-refractivity contribution in [1.82, 2.24) is 0 Å². The van der Waals surface area contributed by atoms with Gasteiger partial charge >= 0.3 is 12.3 Å². The number of hydrogen-bond donors (Lipinski definition) is 1. The van der Waals surface area contributed by atoms with Crippen LogP contribution in [0.3, 0.4) is 0 Å². The number of benzene rings is 2. The average molecular weight is 500 g/mol. The van der Waals surface area contributed by atoms with E-state index in [2.05, 4.69) is 25.6 Å². The highest BCUT2D eigenvalue weighted by molar-refractivity contribution is 9.10. The van der Waals surface area contributed by atoms with E-state index in [0.29, 0.717) is 42.6 Å². The van der Waals surface area contributed by atoms with Crippen LogP contribution in [0, 0.1) is 0 Å². The van der Waals surface area contributed by atoms with E-state index in [-0.39, 0.29) is 12.1 Å². The zero-order valence-electron chi connectivity index (χ0n) is 16.0. The molecule has 0 amide bonds. The van der Waals surface area contributed by atoms with E-state index in [1.807, 2.05) is 6.07 Å². The number of alkyl halides is 3.